The highest BCUT2D eigenvalue weighted by Crippen LogP contribution is 2.27. The molecule has 72 valence electrons. The van der Waals surface area contributed by atoms with Crippen LogP contribution >= 0.6 is 23.5 Å². The lowest BCUT2D eigenvalue weighted by Gasteiger charge is -2.14. The third-order valence-electron chi connectivity index (χ3n) is 1.50. The largest absolute Gasteiger partial charge is 0.477 e. The predicted octanol–water partition coefficient (Wildman–Crippen LogP) is 0.890. The van der Waals surface area contributed by atoms with Gasteiger partial charge in [0.2, 0.25) is 0 Å². The van der Waals surface area contributed by atoms with Crippen molar-refractivity contribution in [2.45, 2.75) is 0 Å². The second kappa shape index (κ2) is 4.57. The summed E-state index contributed by atoms with van der Waals surface area (Å²) in [5, 5.41) is 18.2. The van der Waals surface area contributed by atoms with Gasteiger partial charge in [0, 0.05) is 16.6 Å². The minimum atomic E-state index is -1.34. The summed E-state index contributed by atoms with van der Waals surface area (Å²) in [4.78, 5) is 21.2. The summed E-state index contributed by atoms with van der Waals surface area (Å²) < 4.78 is 0. The highest BCUT2D eigenvalue weighted by atomic mass is 32.2. The minimum Gasteiger partial charge on any atom is -0.477 e. The fourth-order valence-electron chi connectivity index (χ4n) is 0.969. The Morgan fingerprint density at radius 2 is 1.54 bits per heavy atom. The van der Waals surface area contributed by atoms with Gasteiger partial charge >= 0.3 is 11.9 Å². The number of carboxylic acids is 2. The van der Waals surface area contributed by atoms with Gasteiger partial charge in [-0.05, 0) is 5.57 Å². The third-order valence-corrected chi connectivity index (χ3v) is 3.94. The third kappa shape index (κ3) is 2.67. The van der Waals surface area contributed by atoms with E-state index >= 15 is 0 Å². The monoisotopic (exact) mass is 220 g/mol. The Morgan fingerprint density at radius 3 is 1.92 bits per heavy atom. The molecule has 0 spiro atoms. The van der Waals surface area contributed by atoms with Gasteiger partial charge in [-0.15, -0.1) is 23.5 Å². The Bertz CT molecular complexity index is 248. The van der Waals surface area contributed by atoms with Gasteiger partial charge in [-0.2, -0.15) is 0 Å². The van der Waals surface area contributed by atoms with E-state index in [1.54, 1.807) is 23.5 Å². The molecule has 0 saturated carbocycles. The van der Waals surface area contributed by atoms with Gasteiger partial charge < -0.3 is 10.2 Å². The van der Waals surface area contributed by atoms with E-state index in [2.05, 4.69) is 0 Å². The average Bonchev–Trinajstić information content (AvgIpc) is 2.04. The van der Waals surface area contributed by atoms with E-state index in [-0.39, 0.29) is 0 Å². The molecule has 0 unspecified atom stereocenters. The van der Waals surface area contributed by atoms with Crippen molar-refractivity contribution in [3.05, 3.63) is 11.1 Å². The fourth-order valence-corrected chi connectivity index (χ4v) is 3.22. The first-order chi connectivity index (χ1) is 6.13. The van der Waals surface area contributed by atoms with Crippen LogP contribution < -0.4 is 0 Å². The van der Waals surface area contributed by atoms with Crippen LogP contribution in [0.3, 0.4) is 0 Å². The minimum absolute atomic E-state index is 0.459. The van der Waals surface area contributed by atoms with Crippen LogP contribution in [0.4, 0.5) is 0 Å². The van der Waals surface area contributed by atoms with Gasteiger partial charge in [0.25, 0.3) is 0 Å². The predicted molar refractivity (Wildman–Crippen MR) is 52.1 cm³/mol. The van der Waals surface area contributed by atoms with Crippen LogP contribution in [0.5, 0.6) is 0 Å². The van der Waals surface area contributed by atoms with Crippen molar-refractivity contribution in [3.8, 4) is 0 Å². The van der Waals surface area contributed by atoms with E-state index in [1.807, 2.05) is 0 Å². The zero-order chi connectivity index (χ0) is 9.84. The van der Waals surface area contributed by atoms with Crippen molar-refractivity contribution in [2.24, 2.45) is 0 Å². The van der Waals surface area contributed by atoms with Crippen LogP contribution in [0.15, 0.2) is 11.1 Å². The maximum absolute atomic E-state index is 10.6. The van der Waals surface area contributed by atoms with E-state index in [9.17, 15) is 9.59 Å². The van der Waals surface area contributed by atoms with Gasteiger partial charge in [-0.25, -0.2) is 9.59 Å². The number of hydrogen-bond donors (Lipinski definition) is 2. The van der Waals surface area contributed by atoms with E-state index in [0.717, 1.165) is 5.08 Å². The molecule has 4 nitrogen and oxygen atoms in total. The Balaban J connectivity index is 2.93. The molecule has 1 heterocycles. The quantitative estimate of drug-likeness (QED) is 0.409. The summed E-state index contributed by atoms with van der Waals surface area (Å²) >= 11 is 3.09. The van der Waals surface area contributed by atoms with Gasteiger partial charge in [0.1, 0.15) is 5.57 Å². The Labute approximate surface area is 83.4 Å². The molecule has 1 rings (SSSR count). The molecule has 0 aliphatic carbocycles. The topological polar surface area (TPSA) is 74.6 Å². The second-order valence-corrected chi connectivity index (χ2v) is 4.74. The standard InChI is InChI=1S/C7H8O4S2/c8-6(9)5(7(10)11)4-1-12-3-13-2-4/h1-3H2,(H,8,9)(H,10,11). The zero-order valence-corrected chi connectivity index (χ0v) is 8.28. The van der Waals surface area contributed by atoms with E-state index in [4.69, 9.17) is 10.2 Å². The first-order valence-electron chi connectivity index (χ1n) is 3.47. The number of aliphatic carboxylic acids is 2. The molecule has 0 atom stereocenters. The first kappa shape index (κ1) is 10.5. The SMILES string of the molecule is O=C(O)C(C(=O)O)=C1CSCSC1. The molecule has 1 fully saturated rings. The van der Waals surface area contributed by atoms with Crippen molar-refractivity contribution >= 4 is 35.5 Å². The summed E-state index contributed by atoms with van der Waals surface area (Å²) in [5.41, 5.74) is 0.0564. The highest BCUT2D eigenvalue weighted by Gasteiger charge is 2.23. The lowest BCUT2D eigenvalue weighted by Crippen LogP contribution is -2.17. The summed E-state index contributed by atoms with van der Waals surface area (Å²) in [6.07, 6.45) is 0. The molecule has 0 amide bonds. The normalized spacial score (nSPS) is 16.8. The van der Waals surface area contributed by atoms with E-state index in [0.29, 0.717) is 17.1 Å². The molecule has 1 aliphatic heterocycles. The van der Waals surface area contributed by atoms with Gasteiger partial charge in [-0.3, -0.25) is 0 Å². The molecule has 13 heavy (non-hydrogen) atoms. The molecule has 6 heteroatoms. The smallest absolute Gasteiger partial charge is 0.343 e. The molecule has 0 radical (unpaired) electrons. The summed E-state index contributed by atoms with van der Waals surface area (Å²) in [6.45, 7) is 0. The van der Waals surface area contributed by atoms with Crippen molar-refractivity contribution in [2.75, 3.05) is 16.6 Å². The molecule has 0 aromatic carbocycles. The molecule has 0 bridgehead atoms. The summed E-state index contributed by atoms with van der Waals surface area (Å²) in [7, 11) is 0. The molecule has 0 aromatic rings. The Hall–Kier alpha value is -0.620. The van der Waals surface area contributed by atoms with E-state index in [1.165, 1.54) is 0 Å². The second-order valence-electron chi connectivity index (χ2n) is 2.40. The lowest BCUT2D eigenvalue weighted by atomic mass is 10.1. The van der Waals surface area contributed by atoms with Crippen LogP contribution in [-0.4, -0.2) is 38.7 Å². The Morgan fingerprint density at radius 1 is 1.08 bits per heavy atom. The van der Waals surface area contributed by atoms with Crippen LogP contribution in [0, 0.1) is 0 Å². The first-order valence-corrected chi connectivity index (χ1v) is 5.78. The van der Waals surface area contributed by atoms with Crippen LogP contribution in [0.2, 0.25) is 0 Å². The summed E-state index contributed by atoms with van der Waals surface area (Å²) in [6, 6.07) is 0. The zero-order valence-electron chi connectivity index (χ0n) is 6.65. The summed E-state index contributed by atoms with van der Waals surface area (Å²) in [5.74, 6) is -1.65. The maximum Gasteiger partial charge on any atom is 0.343 e. The number of hydrogen-bond acceptors (Lipinski definition) is 4. The average molecular weight is 220 g/mol. The Kier molecular flexibility index (Phi) is 3.68. The molecule has 0 aromatic heterocycles. The van der Waals surface area contributed by atoms with Gasteiger partial charge in [-0.1, -0.05) is 0 Å². The molecule has 2 N–H and O–H groups in total. The molecular weight excluding hydrogens is 212 g/mol. The van der Waals surface area contributed by atoms with Crippen LogP contribution in [0.25, 0.3) is 0 Å². The van der Waals surface area contributed by atoms with Crippen LogP contribution in [0.1, 0.15) is 0 Å². The lowest BCUT2D eigenvalue weighted by molar-refractivity contribution is -0.140. The number of thioether (sulfide) groups is 2. The van der Waals surface area contributed by atoms with Crippen molar-refractivity contribution < 1.29 is 19.8 Å². The van der Waals surface area contributed by atoms with Crippen molar-refractivity contribution in [1.29, 1.82) is 0 Å². The molecular formula is C7H8O4S2. The van der Waals surface area contributed by atoms with Gasteiger partial charge in [0.05, 0.1) is 0 Å². The number of carboxylic acid groups (broad SMARTS) is 2. The van der Waals surface area contributed by atoms with E-state index < -0.39 is 17.5 Å². The molecule has 1 aliphatic rings. The van der Waals surface area contributed by atoms with Gasteiger partial charge in [0.15, 0.2) is 0 Å². The molecule has 1 saturated heterocycles. The van der Waals surface area contributed by atoms with Crippen molar-refractivity contribution in [3.63, 3.8) is 0 Å². The number of carbonyl (C=O) groups is 2. The maximum atomic E-state index is 10.6. The fraction of sp³-hybridized carbons (Fsp3) is 0.429. The van der Waals surface area contributed by atoms with Crippen LogP contribution in [-0.2, 0) is 9.59 Å². The highest BCUT2D eigenvalue weighted by molar-refractivity contribution is 8.16. The number of rotatable bonds is 2. The van der Waals surface area contributed by atoms with Crippen molar-refractivity contribution in [1.82, 2.24) is 0 Å².